The molecule has 6 N–H and O–H groups in total. The van der Waals surface area contributed by atoms with Gasteiger partial charge in [-0.25, -0.2) is 0 Å². The molecule has 140 valence electrons. The van der Waals surface area contributed by atoms with Crippen molar-refractivity contribution < 1.29 is 15.3 Å². The SMILES string of the molecule is CCCCCCO.CCCCCCO.CCCCCCO.N. The lowest BCUT2D eigenvalue weighted by Gasteiger charge is -1.90. The molecule has 4 nitrogen and oxygen atoms in total. The van der Waals surface area contributed by atoms with Crippen LogP contribution < -0.4 is 6.15 Å². The number of aliphatic hydroxyl groups is 3. The molecule has 0 saturated heterocycles. The van der Waals surface area contributed by atoms with Crippen LogP contribution in [0.1, 0.15) is 97.8 Å². The quantitative estimate of drug-likeness (QED) is 0.386. The van der Waals surface area contributed by atoms with Crippen LogP contribution in [-0.2, 0) is 0 Å². The first-order chi connectivity index (χ1) is 10.2. The maximum Gasteiger partial charge on any atom is 0.0431 e. The Bertz CT molecular complexity index is 99.7. The zero-order valence-electron chi connectivity index (χ0n) is 15.7. The van der Waals surface area contributed by atoms with Crippen LogP contribution in [0.2, 0.25) is 0 Å². The first-order valence-corrected chi connectivity index (χ1v) is 9.07. The molecule has 0 unspecified atom stereocenters. The first-order valence-electron chi connectivity index (χ1n) is 9.07. The van der Waals surface area contributed by atoms with Crippen molar-refractivity contribution in [1.29, 1.82) is 0 Å². The van der Waals surface area contributed by atoms with Gasteiger partial charge in [0.05, 0.1) is 0 Å². The Morgan fingerprint density at radius 3 is 0.773 bits per heavy atom. The van der Waals surface area contributed by atoms with E-state index in [0.717, 1.165) is 19.3 Å². The van der Waals surface area contributed by atoms with Crippen LogP contribution in [0, 0.1) is 0 Å². The van der Waals surface area contributed by atoms with Crippen LogP contribution in [0.5, 0.6) is 0 Å². The predicted molar refractivity (Wildman–Crippen MR) is 98.7 cm³/mol. The van der Waals surface area contributed by atoms with Gasteiger partial charge in [-0.2, -0.15) is 0 Å². The molecule has 0 radical (unpaired) electrons. The lowest BCUT2D eigenvalue weighted by atomic mass is 10.2. The molecule has 0 rings (SSSR count). The van der Waals surface area contributed by atoms with E-state index in [1.165, 1.54) is 57.8 Å². The summed E-state index contributed by atoms with van der Waals surface area (Å²) in [5.74, 6) is 0. The molecule has 0 aromatic rings. The van der Waals surface area contributed by atoms with E-state index < -0.39 is 0 Å². The van der Waals surface area contributed by atoms with Crippen LogP contribution in [0.25, 0.3) is 0 Å². The highest BCUT2D eigenvalue weighted by Gasteiger charge is 1.82. The zero-order valence-corrected chi connectivity index (χ0v) is 15.7. The number of unbranched alkanes of at least 4 members (excludes halogenated alkanes) is 9. The minimum atomic E-state index is 0. The summed E-state index contributed by atoms with van der Waals surface area (Å²) in [6, 6.07) is 0. The fraction of sp³-hybridized carbons (Fsp3) is 1.00. The first kappa shape index (κ1) is 29.8. The van der Waals surface area contributed by atoms with Gasteiger partial charge in [0.1, 0.15) is 0 Å². The number of hydrogen-bond acceptors (Lipinski definition) is 4. The normalized spacial score (nSPS) is 9.00. The van der Waals surface area contributed by atoms with Gasteiger partial charge in [0.25, 0.3) is 0 Å². The Morgan fingerprint density at radius 2 is 0.636 bits per heavy atom. The molecule has 0 spiro atoms. The molecule has 0 aromatic heterocycles. The second-order valence-electron chi connectivity index (χ2n) is 5.35. The minimum absolute atomic E-state index is 0. The van der Waals surface area contributed by atoms with E-state index in [1.807, 2.05) is 0 Å². The average molecular weight is 324 g/mol. The van der Waals surface area contributed by atoms with Crippen molar-refractivity contribution in [2.24, 2.45) is 0 Å². The molecule has 22 heavy (non-hydrogen) atoms. The van der Waals surface area contributed by atoms with Crippen molar-refractivity contribution in [3.8, 4) is 0 Å². The van der Waals surface area contributed by atoms with Crippen LogP contribution >= 0.6 is 0 Å². The standard InChI is InChI=1S/3C6H14O.H3N/c3*1-2-3-4-5-6-7;/h3*7H,2-6H2,1H3;1H3. The summed E-state index contributed by atoms with van der Waals surface area (Å²) < 4.78 is 0. The maximum absolute atomic E-state index is 8.29. The van der Waals surface area contributed by atoms with Crippen molar-refractivity contribution in [3.05, 3.63) is 0 Å². The second kappa shape index (κ2) is 37.2. The fourth-order valence-electron chi connectivity index (χ4n) is 1.62. The van der Waals surface area contributed by atoms with E-state index >= 15 is 0 Å². The Labute approximate surface area is 139 Å². The lowest BCUT2D eigenvalue weighted by Crippen LogP contribution is -1.80. The van der Waals surface area contributed by atoms with Crippen molar-refractivity contribution in [3.63, 3.8) is 0 Å². The number of aliphatic hydroxyl groups excluding tert-OH is 3. The van der Waals surface area contributed by atoms with Crippen LogP contribution in [-0.4, -0.2) is 35.1 Å². The van der Waals surface area contributed by atoms with Crippen LogP contribution in [0.15, 0.2) is 0 Å². The van der Waals surface area contributed by atoms with Gasteiger partial charge in [0.15, 0.2) is 0 Å². The monoisotopic (exact) mass is 323 g/mol. The summed E-state index contributed by atoms with van der Waals surface area (Å²) in [5, 5.41) is 24.9. The van der Waals surface area contributed by atoms with E-state index in [1.54, 1.807) is 0 Å². The van der Waals surface area contributed by atoms with Crippen LogP contribution in [0.3, 0.4) is 0 Å². The predicted octanol–water partition coefficient (Wildman–Crippen LogP) is 4.84. The smallest absolute Gasteiger partial charge is 0.0431 e. The minimum Gasteiger partial charge on any atom is -0.396 e. The second-order valence-corrected chi connectivity index (χ2v) is 5.35. The van der Waals surface area contributed by atoms with Crippen molar-refractivity contribution in [1.82, 2.24) is 6.15 Å². The Hall–Kier alpha value is -0.160. The molecule has 0 aliphatic carbocycles. The molecule has 0 saturated carbocycles. The zero-order chi connectivity index (χ0) is 16.6. The van der Waals surface area contributed by atoms with E-state index in [9.17, 15) is 0 Å². The van der Waals surface area contributed by atoms with Gasteiger partial charge in [0, 0.05) is 19.8 Å². The van der Waals surface area contributed by atoms with Gasteiger partial charge in [-0.1, -0.05) is 78.6 Å². The van der Waals surface area contributed by atoms with Crippen molar-refractivity contribution >= 4 is 0 Å². The largest absolute Gasteiger partial charge is 0.396 e. The summed E-state index contributed by atoms with van der Waals surface area (Å²) >= 11 is 0. The van der Waals surface area contributed by atoms with Gasteiger partial charge in [-0.3, -0.25) is 0 Å². The summed E-state index contributed by atoms with van der Waals surface area (Å²) in [6.45, 7) is 7.58. The summed E-state index contributed by atoms with van der Waals surface area (Å²) in [4.78, 5) is 0. The number of hydrogen-bond donors (Lipinski definition) is 4. The molecule has 0 aromatic carbocycles. The molecule has 0 fully saturated rings. The van der Waals surface area contributed by atoms with E-state index in [2.05, 4.69) is 20.8 Å². The molecule has 0 aliphatic rings. The third-order valence-corrected chi connectivity index (χ3v) is 3.04. The molecule has 0 amide bonds. The summed E-state index contributed by atoms with van der Waals surface area (Å²) in [5.41, 5.74) is 0. The van der Waals surface area contributed by atoms with Gasteiger partial charge in [-0.15, -0.1) is 0 Å². The lowest BCUT2D eigenvalue weighted by molar-refractivity contribution is 0.282. The van der Waals surface area contributed by atoms with E-state index in [0.29, 0.717) is 19.8 Å². The molecule has 0 bridgehead atoms. The Morgan fingerprint density at radius 1 is 0.409 bits per heavy atom. The van der Waals surface area contributed by atoms with Crippen molar-refractivity contribution in [2.75, 3.05) is 19.8 Å². The average Bonchev–Trinajstić information content (AvgIpc) is 2.50. The highest BCUT2D eigenvalue weighted by Crippen LogP contribution is 1.97. The van der Waals surface area contributed by atoms with Gasteiger partial charge in [0.2, 0.25) is 0 Å². The highest BCUT2D eigenvalue weighted by molar-refractivity contribution is 4.37. The van der Waals surface area contributed by atoms with Gasteiger partial charge >= 0.3 is 0 Å². The number of rotatable bonds is 12. The molecule has 4 heteroatoms. The van der Waals surface area contributed by atoms with Gasteiger partial charge < -0.3 is 21.5 Å². The third kappa shape index (κ3) is 50.2. The molecular formula is C18H45NO3. The molecule has 0 aliphatic heterocycles. The van der Waals surface area contributed by atoms with E-state index in [4.69, 9.17) is 15.3 Å². The maximum atomic E-state index is 8.29. The molecule has 0 heterocycles. The topological polar surface area (TPSA) is 95.7 Å². The Balaban J connectivity index is -0.000000108. The summed E-state index contributed by atoms with van der Waals surface area (Å²) in [6.07, 6.45) is 14.0. The Kier molecular flexibility index (Phi) is 50.5. The van der Waals surface area contributed by atoms with Crippen molar-refractivity contribution in [2.45, 2.75) is 97.8 Å². The highest BCUT2D eigenvalue weighted by atomic mass is 16.3. The molecular weight excluding hydrogens is 278 g/mol. The summed E-state index contributed by atoms with van der Waals surface area (Å²) in [7, 11) is 0. The van der Waals surface area contributed by atoms with Gasteiger partial charge in [-0.05, 0) is 19.3 Å². The fourth-order valence-corrected chi connectivity index (χ4v) is 1.62. The third-order valence-electron chi connectivity index (χ3n) is 3.04. The van der Waals surface area contributed by atoms with Crippen LogP contribution in [0.4, 0.5) is 0 Å². The molecule has 0 atom stereocenters. The van der Waals surface area contributed by atoms with E-state index in [-0.39, 0.29) is 6.15 Å².